The number of fused-ring (bicyclic) bond motifs is 2. The lowest BCUT2D eigenvalue weighted by Crippen LogP contribution is -2.36. The van der Waals surface area contributed by atoms with Crippen LogP contribution in [0.2, 0.25) is 0 Å². The van der Waals surface area contributed by atoms with E-state index in [0.717, 1.165) is 17.8 Å². The van der Waals surface area contributed by atoms with E-state index in [9.17, 15) is 9.90 Å². The van der Waals surface area contributed by atoms with Crippen molar-refractivity contribution < 1.29 is 9.90 Å². The first kappa shape index (κ1) is 16.4. The Morgan fingerprint density at radius 1 is 1.26 bits per heavy atom. The number of carbonyl (C=O) groups excluding carboxylic acids is 1. The summed E-state index contributed by atoms with van der Waals surface area (Å²) in [5.41, 5.74) is 2.16. The molecular formula is C19H22N6O2. The molecule has 1 N–H and O–H groups in total. The molecule has 1 aliphatic carbocycles. The number of aromatic nitrogens is 5. The third-order valence-corrected chi connectivity index (χ3v) is 5.94. The molecule has 3 aromatic heterocycles. The molecule has 0 aromatic carbocycles. The third-order valence-electron chi connectivity index (χ3n) is 5.94. The Hall–Kier alpha value is -2.74. The van der Waals surface area contributed by atoms with Crippen LogP contribution in [0.5, 0.6) is 0 Å². The van der Waals surface area contributed by atoms with Crippen LogP contribution in [0.3, 0.4) is 0 Å². The largest absolute Gasteiger partial charge is 0.391 e. The van der Waals surface area contributed by atoms with Gasteiger partial charge < -0.3 is 10.0 Å². The maximum atomic E-state index is 13.0. The van der Waals surface area contributed by atoms with Crippen molar-refractivity contribution in [2.45, 2.75) is 31.9 Å². The fourth-order valence-corrected chi connectivity index (χ4v) is 4.62. The van der Waals surface area contributed by atoms with E-state index < -0.39 is 6.10 Å². The Bertz CT molecular complexity index is 981. The number of aliphatic hydroxyl groups is 1. The predicted molar refractivity (Wildman–Crippen MR) is 97.1 cm³/mol. The first-order chi connectivity index (χ1) is 13.1. The molecule has 1 aliphatic heterocycles. The molecular weight excluding hydrogens is 344 g/mol. The lowest BCUT2D eigenvalue weighted by molar-refractivity contribution is 0.0306. The SMILES string of the molecule is Cc1cc2ncc(C(=O)N3C[C@H]4C[C@@H](n5cccn5)[C@H](O)C[C@H]4C3)cn2n1. The van der Waals surface area contributed by atoms with Crippen molar-refractivity contribution in [1.29, 1.82) is 0 Å². The molecule has 2 aliphatic rings. The van der Waals surface area contributed by atoms with Gasteiger partial charge in [-0.1, -0.05) is 0 Å². The number of carbonyl (C=O) groups is 1. The van der Waals surface area contributed by atoms with Gasteiger partial charge in [-0.3, -0.25) is 9.48 Å². The second kappa shape index (κ2) is 6.16. The van der Waals surface area contributed by atoms with E-state index in [-0.39, 0.29) is 11.9 Å². The van der Waals surface area contributed by atoms with Crippen molar-refractivity contribution in [2.75, 3.05) is 13.1 Å². The summed E-state index contributed by atoms with van der Waals surface area (Å²) in [7, 11) is 0. The zero-order valence-electron chi connectivity index (χ0n) is 15.1. The summed E-state index contributed by atoms with van der Waals surface area (Å²) < 4.78 is 3.51. The van der Waals surface area contributed by atoms with Crippen LogP contribution in [0.25, 0.3) is 5.65 Å². The minimum Gasteiger partial charge on any atom is -0.391 e. The monoisotopic (exact) mass is 366 g/mol. The van der Waals surface area contributed by atoms with Gasteiger partial charge in [-0.2, -0.15) is 10.2 Å². The quantitative estimate of drug-likeness (QED) is 0.739. The second-order valence-corrected chi connectivity index (χ2v) is 7.75. The average Bonchev–Trinajstić information content (AvgIpc) is 3.37. The highest BCUT2D eigenvalue weighted by Crippen LogP contribution is 2.41. The zero-order chi connectivity index (χ0) is 18.5. The number of amides is 1. The van der Waals surface area contributed by atoms with E-state index in [1.54, 1.807) is 23.1 Å². The van der Waals surface area contributed by atoms with Gasteiger partial charge in [0.2, 0.25) is 0 Å². The molecule has 27 heavy (non-hydrogen) atoms. The van der Waals surface area contributed by atoms with E-state index >= 15 is 0 Å². The Morgan fingerprint density at radius 3 is 2.85 bits per heavy atom. The van der Waals surface area contributed by atoms with Gasteiger partial charge in [-0.05, 0) is 37.7 Å². The summed E-state index contributed by atoms with van der Waals surface area (Å²) >= 11 is 0. The molecule has 3 aromatic rings. The van der Waals surface area contributed by atoms with Crippen LogP contribution in [0.1, 0.15) is 34.9 Å². The number of hydrogen-bond donors (Lipinski definition) is 1. The van der Waals surface area contributed by atoms with Crippen LogP contribution in [0.15, 0.2) is 36.9 Å². The van der Waals surface area contributed by atoms with Gasteiger partial charge in [0.25, 0.3) is 5.91 Å². The molecule has 4 heterocycles. The van der Waals surface area contributed by atoms with Gasteiger partial charge in [0.15, 0.2) is 5.65 Å². The number of aliphatic hydroxyl groups excluding tert-OH is 1. The minimum absolute atomic E-state index is 0.0126. The van der Waals surface area contributed by atoms with Gasteiger partial charge in [-0.15, -0.1) is 0 Å². The van der Waals surface area contributed by atoms with E-state index in [1.165, 1.54) is 0 Å². The second-order valence-electron chi connectivity index (χ2n) is 7.75. The first-order valence-corrected chi connectivity index (χ1v) is 9.37. The molecule has 0 unspecified atom stereocenters. The van der Waals surface area contributed by atoms with Crippen LogP contribution in [0.4, 0.5) is 0 Å². The molecule has 140 valence electrons. The number of aryl methyl sites for hydroxylation is 1. The van der Waals surface area contributed by atoms with Gasteiger partial charge in [0.1, 0.15) is 0 Å². The van der Waals surface area contributed by atoms with Gasteiger partial charge >= 0.3 is 0 Å². The average molecular weight is 366 g/mol. The molecule has 1 amide bonds. The Labute approximate surface area is 156 Å². The summed E-state index contributed by atoms with van der Waals surface area (Å²) in [5.74, 6) is 0.701. The van der Waals surface area contributed by atoms with E-state index in [0.29, 0.717) is 36.9 Å². The molecule has 4 atom stereocenters. The number of likely N-dealkylation sites (tertiary alicyclic amines) is 1. The standard InChI is InChI=1S/C19H22N6O2/c1-12-5-18-20-8-15(11-25(18)22-12)19(27)23-9-13-6-16(24-4-2-3-21-24)17(26)7-14(13)10-23/h2-5,8,11,13-14,16-17,26H,6-7,9-10H2,1H3/t13-,14+,16-,17-/m1/s1. The fraction of sp³-hybridized carbons (Fsp3) is 0.474. The zero-order valence-corrected chi connectivity index (χ0v) is 15.1. The fourth-order valence-electron chi connectivity index (χ4n) is 4.62. The molecule has 5 rings (SSSR count). The van der Waals surface area contributed by atoms with Crippen molar-refractivity contribution in [3.05, 3.63) is 48.2 Å². The van der Waals surface area contributed by atoms with Crippen LogP contribution in [-0.4, -0.2) is 59.5 Å². The van der Waals surface area contributed by atoms with Crippen LogP contribution in [-0.2, 0) is 0 Å². The summed E-state index contributed by atoms with van der Waals surface area (Å²) in [5, 5.41) is 19.2. The smallest absolute Gasteiger partial charge is 0.257 e. The Kier molecular flexibility index (Phi) is 3.75. The van der Waals surface area contributed by atoms with Crippen LogP contribution >= 0.6 is 0 Å². The van der Waals surface area contributed by atoms with E-state index in [4.69, 9.17) is 0 Å². The van der Waals surface area contributed by atoms with Crippen molar-refractivity contribution in [3.8, 4) is 0 Å². The normalized spacial score (nSPS) is 27.9. The highest BCUT2D eigenvalue weighted by Gasteiger charge is 2.43. The molecule has 0 radical (unpaired) electrons. The number of hydrogen-bond acceptors (Lipinski definition) is 5. The molecule has 2 fully saturated rings. The molecule has 8 heteroatoms. The first-order valence-electron chi connectivity index (χ1n) is 9.37. The topological polar surface area (TPSA) is 88.5 Å². The highest BCUT2D eigenvalue weighted by molar-refractivity contribution is 5.94. The van der Waals surface area contributed by atoms with Gasteiger partial charge in [0.05, 0.1) is 23.4 Å². The van der Waals surface area contributed by atoms with Gasteiger partial charge in [0, 0.05) is 43.9 Å². The van der Waals surface area contributed by atoms with E-state index in [2.05, 4.69) is 15.2 Å². The molecule has 0 bridgehead atoms. The highest BCUT2D eigenvalue weighted by atomic mass is 16.3. The molecule has 0 spiro atoms. The van der Waals surface area contributed by atoms with E-state index in [1.807, 2.05) is 34.8 Å². The van der Waals surface area contributed by atoms with Crippen LogP contribution < -0.4 is 0 Å². The molecule has 1 saturated carbocycles. The third kappa shape index (κ3) is 2.80. The van der Waals surface area contributed by atoms with Crippen LogP contribution in [0, 0.1) is 18.8 Å². The van der Waals surface area contributed by atoms with Crippen molar-refractivity contribution in [1.82, 2.24) is 29.3 Å². The Balaban J connectivity index is 1.34. The summed E-state index contributed by atoms with van der Waals surface area (Å²) in [4.78, 5) is 19.2. The number of rotatable bonds is 2. The summed E-state index contributed by atoms with van der Waals surface area (Å²) in [6.45, 7) is 3.30. The van der Waals surface area contributed by atoms with Crippen molar-refractivity contribution in [2.24, 2.45) is 11.8 Å². The molecule has 8 nitrogen and oxygen atoms in total. The summed E-state index contributed by atoms with van der Waals surface area (Å²) in [6.07, 6.45) is 8.14. The lowest BCUT2D eigenvalue weighted by Gasteiger charge is -2.35. The maximum Gasteiger partial charge on any atom is 0.257 e. The minimum atomic E-state index is -0.425. The maximum absolute atomic E-state index is 13.0. The lowest BCUT2D eigenvalue weighted by atomic mass is 9.77. The summed E-state index contributed by atoms with van der Waals surface area (Å²) in [6, 6.07) is 3.75. The van der Waals surface area contributed by atoms with Gasteiger partial charge in [-0.25, -0.2) is 9.50 Å². The number of nitrogens with zero attached hydrogens (tertiary/aromatic N) is 6. The molecule has 1 saturated heterocycles. The Morgan fingerprint density at radius 2 is 2.07 bits per heavy atom. The van der Waals surface area contributed by atoms with Crippen molar-refractivity contribution >= 4 is 11.6 Å². The van der Waals surface area contributed by atoms with Crippen molar-refractivity contribution in [3.63, 3.8) is 0 Å². The predicted octanol–water partition coefficient (Wildman–Crippen LogP) is 1.32.